The van der Waals surface area contributed by atoms with Crippen LogP contribution in [0.3, 0.4) is 0 Å². The van der Waals surface area contributed by atoms with Crippen LogP contribution >= 0.6 is 22.6 Å². The third-order valence-electron chi connectivity index (χ3n) is 1.84. The van der Waals surface area contributed by atoms with E-state index in [1.54, 1.807) is 0 Å². The van der Waals surface area contributed by atoms with Crippen molar-refractivity contribution in [3.63, 3.8) is 0 Å². The molecule has 0 heterocycles. The summed E-state index contributed by atoms with van der Waals surface area (Å²) in [7, 11) is 1.91. The Bertz CT molecular complexity index is 291. The van der Waals surface area contributed by atoms with Crippen molar-refractivity contribution in [3.8, 4) is 0 Å². The first-order valence-electron chi connectivity index (χ1n) is 4.02. The lowest BCUT2D eigenvalue weighted by atomic mass is 10.2. The molecule has 0 saturated heterocycles. The highest BCUT2D eigenvalue weighted by Crippen LogP contribution is 2.23. The van der Waals surface area contributed by atoms with Crippen LogP contribution in [0.25, 0.3) is 0 Å². The van der Waals surface area contributed by atoms with Crippen molar-refractivity contribution in [3.05, 3.63) is 21.8 Å². The summed E-state index contributed by atoms with van der Waals surface area (Å²) >= 11 is 2.22. The number of anilines is 2. The minimum absolute atomic E-state index is 0.141. The fourth-order valence-corrected chi connectivity index (χ4v) is 1.66. The lowest BCUT2D eigenvalue weighted by Crippen LogP contribution is -2.22. The second-order valence-corrected chi connectivity index (χ2v) is 4.09. The van der Waals surface area contributed by atoms with E-state index >= 15 is 0 Å². The Morgan fingerprint density at radius 1 is 1.54 bits per heavy atom. The number of nitrogens with two attached hydrogens (primary N) is 1. The fourth-order valence-electron chi connectivity index (χ4n) is 1.14. The molecule has 0 fully saturated rings. The van der Waals surface area contributed by atoms with Gasteiger partial charge in [0, 0.05) is 17.2 Å². The smallest absolute Gasteiger partial charge is 0.0606 e. The molecule has 0 aliphatic carbocycles. The fraction of sp³-hybridized carbons (Fsp3) is 0.333. The van der Waals surface area contributed by atoms with E-state index in [1.165, 1.54) is 0 Å². The summed E-state index contributed by atoms with van der Waals surface area (Å²) in [5.74, 6) is 0. The molecule has 0 saturated carbocycles. The van der Waals surface area contributed by atoms with E-state index < -0.39 is 0 Å². The molecule has 72 valence electrons. The number of likely N-dealkylation sites (N-methyl/N-ethyl adjacent to an activating group) is 1. The highest BCUT2D eigenvalue weighted by Gasteiger charge is 2.04. The minimum Gasteiger partial charge on any atom is -0.397 e. The van der Waals surface area contributed by atoms with Gasteiger partial charge in [-0.3, -0.25) is 0 Å². The molecular weight excluding hydrogens is 279 g/mol. The van der Waals surface area contributed by atoms with Crippen LogP contribution in [0.4, 0.5) is 11.4 Å². The van der Waals surface area contributed by atoms with Crippen LogP contribution in [-0.4, -0.2) is 25.3 Å². The molecule has 1 rings (SSSR count). The van der Waals surface area contributed by atoms with Gasteiger partial charge in [-0.1, -0.05) is 0 Å². The first kappa shape index (κ1) is 10.6. The monoisotopic (exact) mass is 292 g/mol. The standard InChI is InChI=1S/C9H13IN2O/c1-12(4-5-13)9-3-2-7(10)6-8(9)11/h2-3,6,13H,4-5,11H2,1H3. The lowest BCUT2D eigenvalue weighted by Gasteiger charge is -2.19. The first-order chi connectivity index (χ1) is 6.15. The number of nitrogen functional groups attached to an aromatic ring is 1. The second-order valence-electron chi connectivity index (χ2n) is 2.85. The van der Waals surface area contributed by atoms with E-state index in [-0.39, 0.29) is 6.61 Å². The van der Waals surface area contributed by atoms with Crippen LogP contribution in [0, 0.1) is 3.57 Å². The molecule has 0 amide bonds. The molecular formula is C9H13IN2O. The summed E-state index contributed by atoms with van der Waals surface area (Å²) in [5.41, 5.74) is 7.54. The van der Waals surface area contributed by atoms with Gasteiger partial charge in [0.15, 0.2) is 0 Å². The molecule has 0 bridgehead atoms. The van der Waals surface area contributed by atoms with E-state index in [2.05, 4.69) is 22.6 Å². The zero-order valence-corrected chi connectivity index (χ0v) is 9.65. The Kier molecular flexibility index (Phi) is 3.80. The SMILES string of the molecule is CN(CCO)c1ccc(I)cc1N. The number of hydrogen-bond acceptors (Lipinski definition) is 3. The van der Waals surface area contributed by atoms with Gasteiger partial charge in [-0.15, -0.1) is 0 Å². The number of aliphatic hydroxyl groups excluding tert-OH is 1. The molecule has 0 unspecified atom stereocenters. The van der Waals surface area contributed by atoms with Crippen molar-refractivity contribution in [1.29, 1.82) is 0 Å². The third-order valence-corrected chi connectivity index (χ3v) is 2.51. The van der Waals surface area contributed by atoms with E-state index in [4.69, 9.17) is 10.8 Å². The van der Waals surface area contributed by atoms with Crippen LogP contribution in [0.2, 0.25) is 0 Å². The van der Waals surface area contributed by atoms with Gasteiger partial charge in [0.1, 0.15) is 0 Å². The highest BCUT2D eigenvalue weighted by molar-refractivity contribution is 14.1. The van der Waals surface area contributed by atoms with Crippen molar-refractivity contribution >= 4 is 34.0 Å². The Labute approximate surface area is 91.7 Å². The van der Waals surface area contributed by atoms with Gasteiger partial charge in [-0.25, -0.2) is 0 Å². The number of nitrogens with zero attached hydrogens (tertiary/aromatic N) is 1. The zero-order valence-electron chi connectivity index (χ0n) is 7.50. The van der Waals surface area contributed by atoms with E-state index in [0.717, 1.165) is 14.9 Å². The van der Waals surface area contributed by atoms with Crippen molar-refractivity contribution in [2.75, 3.05) is 30.8 Å². The summed E-state index contributed by atoms with van der Waals surface area (Å²) in [4.78, 5) is 1.94. The Hall–Kier alpha value is -0.490. The minimum atomic E-state index is 0.141. The summed E-state index contributed by atoms with van der Waals surface area (Å²) in [6, 6.07) is 5.89. The molecule has 13 heavy (non-hydrogen) atoms. The third kappa shape index (κ3) is 2.73. The van der Waals surface area contributed by atoms with Crippen LogP contribution in [0.5, 0.6) is 0 Å². The molecule has 0 aliphatic rings. The zero-order chi connectivity index (χ0) is 9.84. The van der Waals surface area contributed by atoms with Crippen LogP contribution in [0.15, 0.2) is 18.2 Å². The topological polar surface area (TPSA) is 49.5 Å². The average molecular weight is 292 g/mol. The van der Waals surface area contributed by atoms with Crippen molar-refractivity contribution < 1.29 is 5.11 Å². The van der Waals surface area contributed by atoms with Gasteiger partial charge in [-0.2, -0.15) is 0 Å². The molecule has 3 N–H and O–H groups in total. The van der Waals surface area contributed by atoms with Gasteiger partial charge in [0.05, 0.1) is 18.0 Å². The highest BCUT2D eigenvalue weighted by atomic mass is 127. The first-order valence-corrected chi connectivity index (χ1v) is 5.10. The van der Waals surface area contributed by atoms with Gasteiger partial charge < -0.3 is 15.7 Å². The number of benzene rings is 1. The molecule has 1 aromatic rings. The average Bonchev–Trinajstić information content (AvgIpc) is 2.04. The largest absolute Gasteiger partial charge is 0.397 e. The maximum Gasteiger partial charge on any atom is 0.0606 e. The summed E-state index contributed by atoms with van der Waals surface area (Å²) in [5, 5.41) is 8.76. The van der Waals surface area contributed by atoms with Crippen LogP contribution in [0.1, 0.15) is 0 Å². The number of halogens is 1. The van der Waals surface area contributed by atoms with E-state index in [1.807, 2.05) is 30.1 Å². The normalized spacial score (nSPS) is 10.1. The molecule has 1 aromatic carbocycles. The van der Waals surface area contributed by atoms with Crippen molar-refractivity contribution in [2.24, 2.45) is 0 Å². The molecule has 0 atom stereocenters. The molecule has 4 heteroatoms. The van der Waals surface area contributed by atoms with Gasteiger partial charge >= 0.3 is 0 Å². The van der Waals surface area contributed by atoms with E-state index in [0.29, 0.717) is 6.54 Å². The summed E-state index contributed by atoms with van der Waals surface area (Å²) in [6.07, 6.45) is 0. The summed E-state index contributed by atoms with van der Waals surface area (Å²) in [6.45, 7) is 0.743. The molecule has 3 nitrogen and oxygen atoms in total. The maximum atomic E-state index is 8.76. The van der Waals surface area contributed by atoms with Gasteiger partial charge in [0.25, 0.3) is 0 Å². The number of rotatable bonds is 3. The Balaban J connectivity index is 2.88. The van der Waals surface area contributed by atoms with Gasteiger partial charge in [0.2, 0.25) is 0 Å². The molecule has 0 aliphatic heterocycles. The Morgan fingerprint density at radius 3 is 2.77 bits per heavy atom. The quantitative estimate of drug-likeness (QED) is 0.652. The molecule has 0 radical (unpaired) electrons. The predicted molar refractivity (Wildman–Crippen MR) is 63.9 cm³/mol. The van der Waals surface area contributed by atoms with Gasteiger partial charge in [-0.05, 0) is 40.8 Å². The van der Waals surface area contributed by atoms with Crippen LogP contribution in [-0.2, 0) is 0 Å². The van der Waals surface area contributed by atoms with Crippen molar-refractivity contribution in [1.82, 2.24) is 0 Å². The molecule has 0 spiro atoms. The second kappa shape index (κ2) is 4.66. The number of aliphatic hydroxyl groups is 1. The van der Waals surface area contributed by atoms with Crippen LogP contribution < -0.4 is 10.6 Å². The lowest BCUT2D eigenvalue weighted by molar-refractivity contribution is 0.304. The predicted octanol–water partition coefficient (Wildman–Crippen LogP) is 1.30. The summed E-state index contributed by atoms with van der Waals surface area (Å²) < 4.78 is 1.12. The molecule has 0 aromatic heterocycles. The van der Waals surface area contributed by atoms with Crippen molar-refractivity contribution in [2.45, 2.75) is 0 Å². The number of hydrogen-bond donors (Lipinski definition) is 2. The maximum absolute atomic E-state index is 8.76. The Morgan fingerprint density at radius 2 is 2.23 bits per heavy atom. The van der Waals surface area contributed by atoms with E-state index in [9.17, 15) is 0 Å².